The lowest BCUT2D eigenvalue weighted by molar-refractivity contribution is 1.05. The molecule has 12 heavy (non-hydrogen) atoms. The highest BCUT2D eigenvalue weighted by Gasteiger charge is 1.91. The fourth-order valence-corrected chi connectivity index (χ4v) is 0.770. The molecule has 1 aromatic rings. The molecule has 0 amide bonds. The van der Waals surface area contributed by atoms with Crippen LogP contribution in [0.4, 0.5) is 0 Å². The molecule has 0 bridgehead atoms. The lowest BCUT2D eigenvalue weighted by Crippen LogP contribution is -2.02. The molecular formula is C9H9N3. The molecule has 0 saturated heterocycles. The van der Waals surface area contributed by atoms with Crippen LogP contribution < -0.4 is 5.32 Å². The molecule has 1 N–H and O–H groups in total. The summed E-state index contributed by atoms with van der Waals surface area (Å²) in [6.45, 7) is 0. The van der Waals surface area contributed by atoms with Crippen molar-refractivity contribution in [3.8, 4) is 6.07 Å². The third kappa shape index (κ3) is 2.10. The number of hydrogen-bond donors (Lipinski definition) is 1. The second-order valence-corrected chi connectivity index (χ2v) is 2.17. The van der Waals surface area contributed by atoms with E-state index in [0.717, 1.165) is 5.69 Å². The SMILES string of the molecule is CN/C(C#N)=C/c1ccccn1. The molecule has 0 atom stereocenters. The highest BCUT2D eigenvalue weighted by atomic mass is 14.8. The molecule has 1 aromatic heterocycles. The first-order valence-electron chi connectivity index (χ1n) is 3.57. The largest absolute Gasteiger partial charge is 0.380 e. The molecular weight excluding hydrogens is 150 g/mol. The predicted octanol–water partition coefficient (Wildman–Crippen LogP) is 1.17. The second kappa shape index (κ2) is 4.14. The zero-order valence-electron chi connectivity index (χ0n) is 6.78. The van der Waals surface area contributed by atoms with E-state index >= 15 is 0 Å². The van der Waals surface area contributed by atoms with Crippen LogP contribution in [0.15, 0.2) is 30.1 Å². The maximum atomic E-state index is 8.58. The van der Waals surface area contributed by atoms with E-state index < -0.39 is 0 Å². The quantitative estimate of drug-likeness (QED) is 0.659. The van der Waals surface area contributed by atoms with E-state index in [-0.39, 0.29) is 0 Å². The Labute approximate surface area is 71.4 Å². The molecule has 0 aliphatic rings. The molecule has 0 aliphatic carbocycles. The highest BCUT2D eigenvalue weighted by Crippen LogP contribution is 1.99. The Morgan fingerprint density at radius 2 is 2.50 bits per heavy atom. The van der Waals surface area contributed by atoms with Gasteiger partial charge >= 0.3 is 0 Å². The molecule has 0 aromatic carbocycles. The molecule has 0 radical (unpaired) electrons. The topological polar surface area (TPSA) is 48.7 Å². The molecule has 3 heteroatoms. The van der Waals surface area contributed by atoms with Crippen LogP contribution in [0.3, 0.4) is 0 Å². The minimum atomic E-state index is 0.508. The van der Waals surface area contributed by atoms with Crippen LogP contribution in [0.2, 0.25) is 0 Å². The van der Waals surface area contributed by atoms with Gasteiger partial charge in [0, 0.05) is 13.2 Å². The van der Waals surface area contributed by atoms with Crippen molar-refractivity contribution in [2.75, 3.05) is 7.05 Å². The molecule has 0 unspecified atom stereocenters. The van der Waals surface area contributed by atoms with E-state index in [4.69, 9.17) is 5.26 Å². The van der Waals surface area contributed by atoms with Gasteiger partial charge in [-0.25, -0.2) is 0 Å². The molecule has 1 heterocycles. The van der Waals surface area contributed by atoms with Gasteiger partial charge in [0.25, 0.3) is 0 Å². The fourth-order valence-electron chi connectivity index (χ4n) is 0.770. The fraction of sp³-hybridized carbons (Fsp3) is 0.111. The Kier molecular flexibility index (Phi) is 2.86. The van der Waals surface area contributed by atoms with E-state index in [9.17, 15) is 0 Å². The standard InChI is InChI=1S/C9H9N3/c1-11-9(7-10)6-8-4-2-3-5-12-8/h2-6,11H,1H3/b9-6+. The smallest absolute Gasteiger partial charge is 0.117 e. The van der Waals surface area contributed by atoms with Crippen LogP contribution in [-0.2, 0) is 0 Å². The predicted molar refractivity (Wildman–Crippen MR) is 46.9 cm³/mol. The Hall–Kier alpha value is -1.82. The summed E-state index contributed by atoms with van der Waals surface area (Å²) in [5.41, 5.74) is 1.29. The second-order valence-electron chi connectivity index (χ2n) is 2.17. The van der Waals surface area contributed by atoms with Crippen molar-refractivity contribution in [3.63, 3.8) is 0 Å². The molecule has 0 spiro atoms. The van der Waals surface area contributed by atoms with Gasteiger partial charge in [0.2, 0.25) is 0 Å². The lowest BCUT2D eigenvalue weighted by atomic mass is 10.3. The lowest BCUT2D eigenvalue weighted by Gasteiger charge is -1.94. The van der Waals surface area contributed by atoms with Gasteiger partial charge < -0.3 is 5.32 Å². The van der Waals surface area contributed by atoms with Crippen LogP contribution in [-0.4, -0.2) is 12.0 Å². The molecule has 60 valence electrons. The Morgan fingerprint density at radius 3 is 3.00 bits per heavy atom. The monoisotopic (exact) mass is 159 g/mol. The first-order chi connectivity index (χ1) is 5.86. The Bertz CT molecular complexity index is 308. The zero-order chi connectivity index (χ0) is 8.81. The maximum Gasteiger partial charge on any atom is 0.117 e. The van der Waals surface area contributed by atoms with Crippen LogP contribution in [0.1, 0.15) is 5.69 Å². The Balaban J connectivity index is 2.88. The number of allylic oxidation sites excluding steroid dienone is 1. The van der Waals surface area contributed by atoms with E-state index in [1.165, 1.54) is 0 Å². The van der Waals surface area contributed by atoms with Crippen LogP contribution in [0, 0.1) is 11.3 Å². The van der Waals surface area contributed by atoms with Crippen molar-refractivity contribution in [3.05, 3.63) is 35.8 Å². The summed E-state index contributed by atoms with van der Waals surface area (Å²) in [7, 11) is 1.71. The van der Waals surface area contributed by atoms with Crippen molar-refractivity contribution in [1.29, 1.82) is 5.26 Å². The Morgan fingerprint density at radius 1 is 1.67 bits per heavy atom. The third-order valence-electron chi connectivity index (χ3n) is 1.37. The normalized spacial score (nSPS) is 10.5. The number of nitrogens with one attached hydrogen (secondary N) is 1. The highest BCUT2D eigenvalue weighted by molar-refractivity contribution is 5.52. The number of rotatable bonds is 2. The summed E-state index contributed by atoms with van der Waals surface area (Å²) in [5, 5.41) is 11.3. The van der Waals surface area contributed by atoms with Crippen molar-refractivity contribution >= 4 is 6.08 Å². The van der Waals surface area contributed by atoms with Crippen molar-refractivity contribution in [2.45, 2.75) is 0 Å². The van der Waals surface area contributed by atoms with Crippen molar-refractivity contribution < 1.29 is 0 Å². The maximum absolute atomic E-state index is 8.58. The number of aromatic nitrogens is 1. The number of hydrogen-bond acceptors (Lipinski definition) is 3. The summed E-state index contributed by atoms with van der Waals surface area (Å²) in [6.07, 6.45) is 3.39. The van der Waals surface area contributed by atoms with E-state index in [0.29, 0.717) is 5.70 Å². The van der Waals surface area contributed by atoms with Gasteiger partial charge in [0.15, 0.2) is 0 Å². The molecule has 3 nitrogen and oxygen atoms in total. The first kappa shape index (κ1) is 8.28. The van der Waals surface area contributed by atoms with E-state index in [1.807, 2.05) is 24.3 Å². The summed E-state index contributed by atoms with van der Waals surface area (Å²) >= 11 is 0. The summed E-state index contributed by atoms with van der Waals surface area (Å²) < 4.78 is 0. The van der Waals surface area contributed by atoms with Gasteiger partial charge in [0.05, 0.1) is 5.69 Å². The van der Waals surface area contributed by atoms with Crippen LogP contribution in [0.25, 0.3) is 6.08 Å². The summed E-state index contributed by atoms with van der Waals surface area (Å²) in [6, 6.07) is 7.57. The average Bonchev–Trinajstić information content (AvgIpc) is 2.16. The molecule has 1 rings (SSSR count). The number of nitriles is 1. The van der Waals surface area contributed by atoms with Crippen molar-refractivity contribution in [1.82, 2.24) is 10.3 Å². The van der Waals surface area contributed by atoms with Gasteiger partial charge in [-0.1, -0.05) is 6.07 Å². The molecule has 0 saturated carbocycles. The van der Waals surface area contributed by atoms with E-state index in [2.05, 4.69) is 10.3 Å². The van der Waals surface area contributed by atoms with Gasteiger partial charge in [-0.2, -0.15) is 5.26 Å². The first-order valence-corrected chi connectivity index (χ1v) is 3.57. The van der Waals surface area contributed by atoms with Crippen LogP contribution >= 0.6 is 0 Å². The van der Waals surface area contributed by atoms with Crippen molar-refractivity contribution in [2.24, 2.45) is 0 Å². The third-order valence-corrected chi connectivity index (χ3v) is 1.37. The minimum absolute atomic E-state index is 0.508. The summed E-state index contributed by atoms with van der Waals surface area (Å²) in [4.78, 5) is 4.05. The number of pyridine rings is 1. The minimum Gasteiger partial charge on any atom is -0.380 e. The van der Waals surface area contributed by atoms with Gasteiger partial charge in [0.1, 0.15) is 11.8 Å². The van der Waals surface area contributed by atoms with Gasteiger partial charge in [-0.05, 0) is 18.2 Å². The average molecular weight is 159 g/mol. The summed E-state index contributed by atoms with van der Waals surface area (Å²) in [5.74, 6) is 0. The van der Waals surface area contributed by atoms with Gasteiger partial charge in [-0.15, -0.1) is 0 Å². The zero-order valence-corrected chi connectivity index (χ0v) is 6.78. The molecule has 0 fully saturated rings. The molecule has 0 aliphatic heterocycles. The van der Waals surface area contributed by atoms with Crippen LogP contribution in [0.5, 0.6) is 0 Å². The number of nitrogens with zero attached hydrogens (tertiary/aromatic N) is 2. The van der Waals surface area contributed by atoms with Gasteiger partial charge in [-0.3, -0.25) is 4.98 Å². The van der Waals surface area contributed by atoms with E-state index in [1.54, 1.807) is 19.3 Å².